The van der Waals surface area contributed by atoms with Crippen molar-refractivity contribution in [3.63, 3.8) is 0 Å². The van der Waals surface area contributed by atoms with Gasteiger partial charge in [0.25, 0.3) is 0 Å². The van der Waals surface area contributed by atoms with E-state index in [-0.39, 0.29) is 12.1 Å². The van der Waals surface area contributed by atoms with E-state index in [2.05, 4.69) is 39.0 Å². The van der Waals surface area contributed by atoms with Crippen molar-refractivity contribution in [3.05, 3.63) is 35.5 Å². The van der Waals surface area contributed by atoms with Gasteiger partial charge in [-0.1, -0.05) is 29.4 Å². The Morgan fingerprint density at radius 1 is 1.11 bits per heavy atom. The van der Waals surface area contributed by atoms with Gasteiger partial charge in [0.2, 0.25) is 0 Å². The Balaban J connectivity index is 4.01. The van der Waals surface area contributed by atoms with Crippen molar-refractivity contribution in [2.45, 2.75) is 66.4 Å². The molecule has 0 amide bonds. The van der Waals surface area contributed by atoms with Crippen LogP contribution >= 0.6 is 0 Å². The van der Waals surface area contributed by atoms with E-state index >= 15 is 0 Å². The Kier molecular flexibility index (Phi) is 9.87. The molecule has 1 unspecified atom stereocenters. The predicted octanol–water partition coefficient (Wildman–Crippen LogP) is 4.97. The lowest BCUT2D eigenvalue weighted by atomic mass is 10.1. The molecule has 0 N–H and O–H groups in total. The molecule has 0 aliphatic rings. The lowest BCUT2D eigenvalue weighted by Crippen LogP contribution is -2.09. The molecule has 0 bridgehead atoms. The quantitative estimate of drug-likeness (QED) is 0.457. The molecule has 1 atom stereocenters. The zero-order valence-corrected chi connectivity index (χ0v) is 13.0. The highest BCUT2D eigenvalue weighted by Gasteiger charge is 2.01. The molecule has 2 nitrogen and oxygen atoms in total. The Labute approximate surface area is 118 Å². The van der Waals surface area contributed by atoms with Crippen molar-refractivity contribution < 1.29 is 9.53 Å². The maximum atomic E-state index is 10.8. The molecule has 0 aliphatic heterocycles. The number of rotatable bonds is 8. The monoisotopic (exact) mass is 264 g/mol. The fourth-order valence-corrected chi connectivity index (χ4v) is 1.91. The van der Waals surface area contributed by atoms with Crippen LogP contribution in [0.4, 0.5) is 0 Å². The first-order valence-corrected chi connectivity index (χ1v) is 7.07. The number of ether oxygens (including phenoxy) is 1. The molecule has 0 fully saturated rings. The minimum atomic E-state index is -0.226. The van der Waals surface area contributed by atoms with E-state index in [1.807, 2.05) is 13.0 Å². The van der Waals surface area contributed by atoms with Gasteiger partial charge < -0.3 is 4.74 Å². The summed E-state index contributed by atoms with van der Waals surface area (Å²) in [6.45, 7) is 9.66. The Morgan fingerprint density at radius 2 is 1.74 bits per heavy atom. The standard InChI is InChI=1S/C17H28O2/c1-6-7-8-10-14(2)11-9-12-15(3)13-16(4)19-17(5)18/h6-7,11,13,16H,8-10,12H2,1-5H3/b7-6?,14-11-,15-13-. The Morgan fingerprint density at radius 3 is 2.32 bits per heavy atom. The third-order valence-corrected chi connectivity index (χ3v) is 2.84. The van der Waals surface area contributed by atoms with Crippen molar-refractivity contribution in [2.24, 2.45) is 0 Å². The van der Waals surface area contributed by atoms with Crippen molar-refractivity contribution in [1.82, 2.24) is 0 Å². The molecule has 2 heteroatoms. The molecule has 0 aliphatic carbocycles. The molecule has 0 aromatic heterocycles. The van der Waals surface area contributed by atoms with Crippen LogP contribution in [0.1, 0.15) is 60.3 Å². The summed E-state index contributed by atoms with van der Waals surface area (Å²) in [7, 11) is 0. The van der Waals surface area contributed by atoms with Gasteiger partial charge in [-0.05, 0) is 59.5 Å². The van der Waals surface area contributed by atoms with Crippen molar-refractivity contribution in [2.75, 3.05) is 0 Å². The van der Waals surface area contributed by atoms with Gasteiger partial charge in [0, 0.05) is 6.92 Å². The van der Waals surface area contributed by atoms with Gasteiger partial charge in [-0.25, -0.2) is 0 Å². The van der Waals surface area contributed by atoms with E-state index in [1.165, 1.54) is 18.1 Å². The van der Waals surface area contributed by atoms with Crippen LogP contribution in [0.3, 0.4) is 0 Å². The highest BCUT2D eigenvalue weighted by molar-refractivity contribution is 5.66. The van der Waals surface area contributed by atoms with E-state index in [0.717, 1.165) is 25.7 Å². The van der Waals surface area contributed by atoms with Crippen LogP contribution in [-0.2, 0) is 9.53 Å². The normalized spacial score (nSPS) is 14.8. The second kappa shape index (κ2) is 10.6. The minimum absolute atomic E-state index is 0.128. The fourth-order valence-electron chi connectivity index (χ4n) is 1.91. The van der Waals surface area contributed by atoms with Crippen LogP contribution in [-0.4, -0.2) is 12.1 Å². The van der Waals surface area contributed by atoms with Crippen LogP contribution in [0, 0.1) is 0 Å². The number of allylic oxidation sites excluding steroid dienone is 5. The fraction of sp³-hybridized carbons (Fsp3) is 0.588. The molecular weight excluding hydrogens is 236 g/mol. The molecule has 0 radical (unpaired) electrons. The second-order valence-electron chi connectivity index (χ2n) is 5.02. The van der Waals surface area contributed by atoms with E-state index < -0.39 is 0 Å². The van der Waals surface area contributed by atoms with Gasteiger partial charge in [-0.2, -0.15) is 0 Å². The highest BCUT2D eigenvalue weighted by Crippen LogP contribution is 2.11. The zero-order valence-electron chi connectivity index (χ0n) is 13.0. The summed E-state index contributed by atoms with van der Waals surface area (Å²) in [4.78, 5) is 10.8. The van der Waals surface area contributed by atoms with Crippen LogP contribution in [0.15, 0.2) is 35.5 Å². The first kappa shape index (κ1) is 17.7. The summed E-state index contributed by atoms with van der Waals surface area (Å²) in [5, 5.41) is 0. The molecule has 0 rings (SSSR count). The van der Waals surface area contributed by atoms with Crippen molar-refractivity contribution in [1.29, 1.82) is 0 Å². The molecule has 0 spiro atoms. The third-order valence-electron chi connectivity index (χ3n) is 2.84. The maximum absolute atomic E-state index is 10.8. The summed E-state index contributed by atoms with van der Waals surface area (Å²) >= 11 is 0. The average Bonchev–Trinajstić information content (AvgIpc) is 2.27. The van der Waals surface area contributed by atoms with Crippen LogP contribution in [0.5, 0.6) is 0 Å². The van der Waals surface area contributed by atoms with Gasteiger partial charge in [-0.3, -0.25) is 4.79 Å². The molecule has 0 saturated carbocycles. The first-order chi connectivity index (χ1) is 8.95. The van der Waals surface area contributed by atoms with Gasteiger partial charge in [0.1, 0.15) is 6.10 Å². The zero-order chi connectivity index (χ0) is 14.7. The first-order valence-electron chi connectivity index (χ1n) is 7.07. The predicted molar refractivity (Wildman–Crippen MR) is 82.0 cm³/mol. The highest BCUT2D eigenvalue weighted by atomic mass is 16.5. The Hall–Kier alpha value is -1.31. The summed E-state index contributed by atoms with van der Waals surface area (Å²) in [6.07, 6.45) is 12.8. The minimum Gasteiger partial charge on any atom is -0.459 e. The lowest BCUT2D eigenvalue weighted by molar-refractivity contribution is -0.143. The maximum Gasteiger partial charge on any atom is 0.303 e. The summed E-state index contributed by atoms with van der Waals surface area (Å²) in [5.74, 6) is -0.226. The van der Waals surface area contributed by atoms with Crippen LogP contribution < -0.4 is 0 Å². The molecule has 0 aromatic rings. The molecule has 0 heterocycles. The van der Waals surface area contributed by atoms with Gasteiger partial charge in [-0.15, -0.1) is 0 Å². The van der Waals surface area contributed by atoms with E-state index in [4.69, 9.17) is 4.74 Å². The Bertz CT molecular complexity index is 348. The largest absolute Gasteiger partial charge is 0.459 e. The van der Waals surface area contributed by atoms with Gasteiger partial charge in [0.15, 0.2) is 0 Å². The SMILES string of the molecule is CC=CCC/C(C)=C\CC/C(C)=C\C(C)OC(C)=O. The number of esters is 1. The second-order valence-corrected chi connectivity index (χ2v) is 5.02. The average molecular weight is 264 g/mol. The summed E-state index contributed by atoms with van der Waals surface area (Å²) in [6, 6.07) is 0. The smallest absolute Gasteiger partial charge is 0.303 e. The van der Waals surface area contributed by atoms with Gasteiger partial charge >= 0.3 is 5.97 Å². The molecule has 0 saturated heterocycles. The van der Waals surface area contributed by atoms with Crippen molar-refractivity contribution in [3.8, 4) is 0 Å². The number of carbonyl (C=O) groups is 1. The van der Waals surface area contributed by atoms with Gasteiger partial charge in [0.05, 0.1) is 0 Å². The molecule has 19 heavy (non-hydrogen) atoms. The lowest BCUT2D eigenvalue weighted by Gasteiger charge is -2.08. The molecule has 0 aromatic carbocycles. The van der Waals surface area contributed by atoms with Crippen LogP contribution in [0.25, 0.3) is 0 Å². The molecule has 108 valence electrons. The van der Waals surface area contributed by atoms with E-state index in [0.29, 0.717) is 0 Å². The summed E-state index contributed by atoms with van der Waals surface area (Å²) in [5.41, 5.74) is 2.71. The summed E-state index contributed by atoms with van der Waals surface area (Å²) < 4.78 is 5.08. The number of hydrogen-bond acceptors (Lipinski definition) is 2. The number of hydrogen-bond donors (Lipinski definition) is 0. The third kappa shape index (κ3) is 11.5. The van der Waals surface area contributed by atoms with Crippen molar-refractivity contribution >= 4 is 5.97 Å². The topological polar surface area (TPSA) is 26.3 Å². The molecular formula is C17H28O2. The van der Waals surface area contributed by atoms with E-state index in [9.17, 15) is 4.79 Å². The van der Waals surface area contributed by atoms with Crippen LogP contribution in [0.2, 0.25) is 0 Å². The van der Waals surface area contributed by atoms with E-state index in [1.54, 1.807) is 0 Å². The number of carbonyl (C=O) groups excluding carboxylic acids is 1.